The highest BCUT2D eigenvalue weighted by Crippen LogP contribution is 2.35. The van der Waals surface area contributed by atoms with Gasteiger partial charge in [0.1, 0.15) is 0 Å². The Morgan fingerprint density at radius 1 is 1.15 bits per heavy atom. The third-order valence-corrected chi connectivity index (χ3v) is 5.55. The van der Waals surface area contributed by atoms with Gasteiger partial charge in [-0.3, -0.25) is 4.79 Å². The zero-order valence-electron chi connectivity index (χ0n) is 13.1. The van der Waals surface area contributed by atoms with Crippen LogP contribution >= 0.6 is 0 Å². The number of rotatable bonds is 4. The third kappa shape index (κ3) is 2.53. The SMILES string of the molecule is O=Cc1cc(-c2cccnc2F)n(S(=O)(=O)c2ccc3c(c2)OCO3)c1. The lowest BCUT2D eigenvalue weighted by atomic mass is 10.2. The summed E-state index contributed by atoms with van der Waals surface area (Å²) >= 11 is 0. The molecule has 2 aromatic heterocycles. The van der Waals surface area contributed by atoms with E-state index in [1.807, 2.05) is 0 Å². The Kier molecular flexibility index (Phi) is 3.73. The van der Waals surface area contributed by atoms with Crippen molar-refractivity contribution in [1.82, 2.24) is 8.96 Å². The maximum Gasteiger partial charge on any atom is 0.268 e. The molecule has 0 spiro atoms. The van der Waals surface area contributed by atoms with E-state index in [0.29, 0.717) is 17.8 Å². The molecule has 0 unspecified atom stereocenters. The second-order valence-corrected chi connectivity index (χ2v) is 7.25. The molecule has 0 aliphatic carbocycles. The van der Waals surface area contributed by atoms with E-state index >= 15 is 0 Å². The monoisotopic (exact) mass is 374 g/mol. The Balaban J connectivity index is 1.91. The number of carbonyl (C=O) groups excluding carboxylic acids is 1. The van der Waals surface area contributed by atoms with Crippen LogP contribution in [0, 0.1) is 5.95 Å². The molecule has 26 heavy (non-hydrogen) atoms. The van der Waals surface area contributed by atoms with Crippen LogP contribution in [-0.2, 0) is 10.0 Å². The molecule has 9 heteroatoms. The first-order chi connectivity index (χ1) is 12.5. The molecule has 0 saturated carbocycles. The van der Waals surface area contributed by atoms with Crippen LogP contribution in [-0.4, -0.2) is 30.5 Å². The molecule has 0 bridgehead atoms. The van der Waals surface area contributed by atoms with Crippen LogP contribution in [0.25, 0.3) is 11.3 Å². The van der Waals surface area contributed by atoms with Crippen molar-refractivity contribution >= 4 is 16.3 Å². The highest BCUT2D eigenvalue weighted by molar-refractivity contribution is 7.90. The number of fused-ring (bicyclic) bond motifs is 1. The van der Waals surface area contributed by atoms with Gasteiger partial charge < -0.3 is 9.47 Å². The molecule has 3 heterocycles. The molecule has 1 aliphatic rings. The highest BCUT2D eigenvalue weighted by atomic mass is 32.2. The van der Waals surface area contributed by atoms with Gasteiger partial charge in [0.15, 0.2) is 17.8 Å². The molecule has 4 rings (SSSR count). The van der Waals surface area contributed by atoms with Crippen LogP contribution in [0.15, 0.2) is 53.7 Å². The van der Waals surface area contributed by atoms with Crippen molar-refractivity contribution in [1.29, 1.82) is 0 Å². The minimum absolute atomic E-state index is 0.00376. The van der Waals surface area contributed by atoms with E-state index in [-0.39, 0.29) is 28.5 Å². The fourth-order valence-electron chi connectivity index (χ4n) is 2.65. The molecule has 132 valence electrons. The smallest absolute Gasteiger partial charge is 0.268 e. The second kappa shape index (κ2) is 5.95. The molecular weight excluding hydrogens is 363 g/mol. The Hall–Kier alpha value is -3.20. The lowest BCUT2D eigenvalue weighted by molar-refractivity contribution is 0.112. The number of halogens is 1. The van der Waals surface area contributed by atoms with E-state index in [1.165, 1.54) is 42.6 Å². The molecule has 3 aromatic rings. The minimum Gasteiger partial charge on any atom is -0.454 e. The normalized spacial score (nSPS) is 13.0. The van der Waals surface area contributed by atoms with Crippen LogP contribution in [0.2, 0.25) is 0 Å². The summed E-state index contributed by atoms with van der Waals surface area (Å²) in [4.78, 5) is 14.6. The summed E-state index contributed by atoms with van der Waals surface area (Å²) in [5, 5.41) is 0. The number of aromatic nitrogens is 2. The van der Waals surface area contributed by atoms with Gasteiger partial charge in [-0.25, -0.2) is 17.4 Å². The van der Waals surface area contributed by atoms with E-state index in [2.05, 4.69) is 4.98 Å². The molecule has 0 fully saturated rings. The topological polar surface area (TPSA) is 87.5 Å². The van der Waals surface area contributed by atoms with Gasteiger partial charge in [-0.05, 0) is 30.3 Å². The second-order valence-electron chi connectivity index (χ2n) is 5.43. The van der Waals surface area contributed by atoms with Crippen LogP contribution < -0.4 is 9.47 Å². The zero-order chi connectivity index (χ0) is 18.3. The summed E-state index contributed by atoms with van der Waals surface area (Å²) in [6.45, 7) is 0.00376. The van der Waals surface area contributed by atoms with E-state index in [4.69, 9.17) is 9.47 Å². The summed E-state index contributed by atoms with van der Waals surface area (Å²) in [5.41, 5.74) is 0.0489. The van der Waals surface area contributed by atoms with Crippen molar-refractivity contribution in [3.05, 3.63) is 60.3 Å². The molecule has 1 aromatic carbocycles. The minimum atomic E-state index is -4.12. The van der Waals surface area contributed by atoms with E-state index < -0.39 is 16.0 Å². The molecular formula is C17H11FN2O5S. The summed E-state index contributed by atoms with van der Waals surface area (Å²) in [7, 11) is -4.12. The number of carbonyl (C=O) groups is 1. The fourth-order valence-corrected chi connectivity index (χ4v) is 4.05. The van der Waals surface area contributed by atoms with Crippen LogP contribution in [0.5, 0.6) is 11.5 Å². The van der Waals surface area contributed by atoms with Gasteiger partial charge in [0.05, 0.1) is 16.2 Å². The van der Waals surface area contributed by atoms with Crippen molar-refractivity contribution in [2.75, 3.05) is 6.79 Å². The maximum absolute atomic E-state index is 14.1. The van der Waals surface area contributed by atoms with Gasteiger partial charge in [-0.2, -0.15) is 4.39 Å². The quantitative estimate of drug-likeness (QED) is 0.515. The zero-order valence-corrected chi connectivity index (χ0v) is 13.9. The lowest BCUT2D eigenvalue weighted by Gasteiger charge is -2.11. The number of pyridine rings is 1. The van der Waals surface area contributed by atoms with Crippen LogP contribution in [0.1, 0.15) is 10.4 Å². The van der Waals surface area contributed by atoms with Crippen molar-refractivity contribution in [3.63, 3.8) is 0 Å². The summed E-state index contributed by atoms with van der Waals surface area (Å²) in [6.07, 6.45) is 2.87. The fraction of sp³-hybridized carbons (Fsp3) is 0.0588. The Morgan fingerprint density at radius 2 is 1.96 bits per heavy atom. The number of hydrogen-bond acceptors (Lipinski definition) is 6. The number of benzene rings is 1. The predicted octanol–water partition coefficient (Wildman–Crippen LogP) is 2.47. The average Bonchev–Trinajstić information content (AvgIpc) is 3.28. The van der Waals surface area contributed by atoms with Gasteiger partial charge in [-0.15, -0.1) is 0 Å². The predicted molar refractivity (Wildman–Crippen MR) is 88.2 cm³/mol. The standard InChI is InChI=1S/C17H11FN2O5S/c18-17-13(2-1-5-19-17)14-6-11(9-21)8-20(14)26(22,23)12-3-4-15-16(7-12)25-10-24-15/h1-9H,10H2. The highest BCUT2D eigenvalue weighted by Gasteiger charge is 2.26. The number of ether oxygens (including phenoxy) is 2. The molecule has 0 radical (unpaired) electrons. The van der Waals surface area contributed by atoms with E-state index in [0.717, 1.165) is 10.2 Å². The maximum atomic E-state index is 14.1. The number of aldehydes is 1. The summed E-state index contributed by atoms with van der Waals surface area (Å²) in [6, 6.07) is 8.30. The van der Waals surface area contributed by atoms with Crippen LogP contribution in [0.3, 0.4) is 0 Å². The molecule has 0 N–H and O–H groups in total. The first-order valence-corrected chi connectivity index (χ1v) is 8.88. The molecule has 7 nitrogen and oxygen atoms in total. The largest absolute Gasteiger partial charge is 0.454 e. The van der Waals surface area contributed by atoms with E-state index in [1.54, 1.807) is 0 Å². The summed E-state index contributed by atoms with van der Waals surface area (Å²) < 4.78 is 51.5. The van der Waals surface area contributed by atoms with Crippen molar-refractivity contribution < 1.29 is 27.1 Å². The van der Waals surface area contributed by atoms with Crippen LogP contribution in [0.4, 0.5) is 4.39 Å². The van der Waals surface area contributed by atoms with Crippen molar-refractivity contribution in [3.8, 4) is 22.8 Å². The average molecular weight is 374 g/mol. The number of hydrogen-bond donors (Lipinski definition) is 0. The van der Waals surface area contributed by atoms with E-state index in [9.17, 15) is 17.6 Å². The molecule has 1 aliphatic heterocycles. The first-order valence-electron chi connectivity index (χ1n) is 7.44. The summed E-state index contributed by atoms with van der Waals surface area (Å²) in [5.74, 6) is -0.114. The lowest BCUT2D eigenvalue weighted by Crippen LogP contribution is -2.13. The third-order valence-electron chi connectivity index (χ3n) is 3.88. The molecule has 0 amide bonds. The van der Waals surface area contributed by atoms with Crippen molar-refractivity contribution in [2.24, 2.45) is 0 Å². The van der Waals surface area contributed by atoms with Gasteiger partial charge >= 0.3 is 0 Å². The Morgan fingerprint density at radius 3 is 2.73 bits per heavy atom. The van der Waals surface area contributed by atoms with Gasteiger partial charge in [0.2, 0.25) is 12.7 Å². The molecule has 0 saturated heterocycles. The Labute approximate surface area is 147 Å². The van der Waals surface area contributed by atoms with Gasteiger partial charge in [0, 0.05) is 24.0 Å². The van der Waals surface area contributed by atoms with Gasteiger partial charge in [0.25, 0.3) is 10.0 Å². The van der Waals surface area contributed by atoms with Gasteiger partial charge in [-0.1, -0.05) is 0 Å². The molecule has 0 atom stereocenters. The Bertz CT molecular complexity index is 1120. The number of nitrogens with zero attached hydrogens (tertiary/aromatic N) is 2. The van der Waals surface area contributed by atoms with Crippen molar-refractivity contribution in [2.45, 2.75) is 4.90 Å². The first kappa shape index (κ1) is 16.3.